The lowest BCUT2D eigenvalue weighted by atomic mass is 9.85. The van der Waals surface area contributed by atoms with Gasteiger partial charge in [0, 0.05) is 18.4 Å². The van der Waals surface area contributed by atoms with Crippen molar-refractivity contribution in [2.75, 3.05) is 5.32 Å². The minimum absolute atomic E-state index is 0.843. The third-order valence-corrected chi connectivity index (χ3v) is 3.61. The molecule has 1 heterocycles. The van der Waals surface area contributed by atoms with Crippen molar-refractivity contribution in [2.24, 2.45) is 5.92 Å². The van der Waals surface area contributed by atoms with Crippen LogP contribution < -0.4 is 5.32 Å². The molecule has 1 fully saturated rings. The van der Waals surface area contributed by atoms with Crippen molar-refractivity contribution in [3.05, 3.63) is 42.2 Å². The summed E-state index contributed by atoms with van der Waals surface area (Å²) in [6, 6.07) is 10.2. The van der Waals surface area contributed by atoms with Gasteiger partial charge in [0.05, 0.1) is 5.69 Å². The highest BCUT2D eigenvalue weighted by atomic mass is 15.2. The van der Waals surface area contributed by atoms with Crippen molar-refractivity contribution in [2.45, 2.75) is 32.7 Å². The molecule has 1 aliphatic rings. The summed E-state index contributed by atoms with van der Waals surface area (Å²) in [6.45, 7) is 3.14. The first-order valence-electron chi connectivity index (χ1n) is 6.67. The van der Waals surface area contributed by atoms with Gasteiger partial charge in [-0.3, -0.25) is 0 Å². The molecule has 0 unspecified atom stereocenters. The van der Waals surface area contributed by atoms with Gasteiger partial charge in [0.1, 0.15) is 0 Å². The van der Waals surface area contributed by atoms with Gasteiger partial charge in [-0.15, -0.1) is 0 Å². The molecule has 1 N–H and O–H groups in total. The maximum Gasteiger partial charge on any atom is 0.207 e. The van der Waals surface area contributed by atoms with Gasteiger partial charge < -0.3 is 9.88 Å². The van der Waals surface area contributed by atoms with Gasteiger partial charge in [0.15, 0.2) is 0 Å². The van der Waals surface area contributed by atoms with Crippen LogP contribution in [0.2, 0.25) is 0 Å². The largest absolute Gasteiger partial charge is 0.326 e. The zero-order valence-electron chi connectivity index (χ0n) is 10.8. The number of rotatable bonds is 4. The van der Waals surface area contributed by atoms with Crippen LogP contribution in [0.3, 0.4) is 0 Å². The summed E-state index contributed by atoms with van der Waals surface area (Å²) in [5.41, 5.74) is 2.17. The fraction of sp³-hybridized carbons (Fsp3) is 0.400. The summed E-state index contributed by atoms with van der Waals surface area (Å²) in [6.07, 6.45) is 6.26. The van der Waals surface area contributed by atoms with E-state index < -0.39 is 0 Å². The number of nitrogens with one attached hydrogen (secondary N) is 1. The number of hydrogen-bond acceptors (Lipinski definition) is 2. The number of imidazole rings is 1. The van der Waals surface area contributed by atoms with E-state index >= 15 is 0 Å². The van der Waals surface area contributed by atoms with Gasteiger partial charge in [-0.2, -0.15) is 0 Å². The van der Waals surface area contributed by atoms with Crippen molar-refractivity contribution >= 4 is 11.6 Å². The van der Waals surface area contributed by atoms with Crippen LogP contribution in [0.25, 0.3) is 0 Å². The first-order chi connectivity index (χ1) is 8.81. The van der Waals surface area contributed by atoms with Gasteiger partial charge in [-0.1, -0.05) is 24.6 Å². The third kappa shape index (κ3) is 2.40. The lowest BCUT2D eigenvalue weighted by Gasteiger charge is -2.26. The molecule has 3 heteroatoms. The highest BCUT2D eigenvalue weighted by Crippen LogP contribution is 2.29. The Labute approximate surface area is 108 Å². The first kappa shape index (κ1) is 11.3. The molecule has 1 aliphatic carbocycles. The van der Waals surface area contributed by atoms with Gasteiger partial charge in [-0.25, -0.2) is 4.98 Å². The monoisotopic (exact) mass is 241 g/mol. The highest BCUT2D eigenvalue weighted by molar-refractivity contribution is 5.53. The number of para-hydroxylation sites is 1. The van der Waals surface area contributed by atoms with Gasteiger partial charge in [0.25, 0.3) is 0 Å². The second-order valence-electron chi connectivity index (χ2n) is 5.15. The van der Waals surface area contributed by atoms with E-state index in [-0.39, 0.29) is 0 Å². The van der Waals surface area contributed by atoms with Gasteiger partial charge >= 0.3 is 0 Å². The Morgan fingerprint density at radius 1 is 1.28 bits per heavy atom. The number of nitrogens with zero attached hydrogens (tertiary/aromatic N) is 2. The molecule has 0 bridgehead atoms. The van der Waals surface area contributed by atoms with Crippen molar-refractivity contribution in [3.63, 3.8) is 0 Å². The minimum atomic E-state index is 0.843. The number of aryl methyl sites for hydroxylation is 1. The average molecular weight is 241 g/mol. The molecule has 94 valence electrons. The zero-order valence-corrected chi connectivity index (χ0v) is 10.8. The Morgan fingerprint density at radius 3 is 2.72 bits per heavy atom. The predicted molar refractivity (Wildman–Crippen MR) is 74.0 cm³/mol. The molecule has 0 saturated heterocycles. The molecule has 1 aromatic heterocycles. The minimum Gasteiger partial charge on any atom is -0.326 e. The molecule has 1 aromatic carbocycles. The van der Waals surface area contributed by atoms with E-state index in [0.717, 1.165) is 29.8 Å². The van der Waals surface area contributed by atoms with Crippen LogP contribution in [-0.4, -0.2) is 9.55 Å². The average Bonchev–Trinajstić information content (AvgIpc) is 2.65. The van der Waals surface area contributed by atoms with Gasteiger partial charge in [0.2, 0.25) is 5.95 Å². The fourth-order valence-electron chi connectivity index (χ4n) is 2.39. The SMILES string of the molecule is Cc1cn(CC2CCC2)c(Nc2ccccc2)n1. The van der Waals surface area contributed by atoms with Crippen molar-refractivity contribution in [1.82, 2.24) is 9.55 Å². The van der Waals surface area contributed by atoms with Crippen LogP contribution in [0.4, 0.5) is 11.6 Å². The second-order valence-corrected chi connectivity index (χ2v) is 5.15. The summed E-state index contributed by atoms with van der Waals surface area (Å²) in [5.74, 6) is 1.81. The Balaban J connectivity index is 1.78. The molecule has 0 atom stereocenters. The quantitative estimate of drug-likeness (QED) is 0.883. The summed E-state index contributed by atoms with van der Waals surface area (Å²) in [5, 5.41) is 3.40. The Morgan fingerprint density at radius 2 is 2.06 bits per heavy atom. The Bertz CT molecular complexity index is 512. The first-order valence-corrected chi connectivity index (χ1v) is 6.67. The van der Waals surface area contributed by atoms with E-state index in [1.807, 2.05) is 25.1 Å². The fourth-order valence-corrected chi connectivity index (χ4v) is 2.39. The molecule has 0 aliphatic heterocycles. The molecule has 1 saturated carbocycles. The summed E-state index contributed by atoms with van der Waals surface area (Å²) in [7, 11) is 0. The number of benzene rings is 1. The lowest BCUT2D eigenvalue weighted by molar-refractivity contribution is 0.278. The molecule has 18 heavy (non-hydrogen) atoms. The van der Waals surface area contributed by atoms with Gasteiger partial charge in [-0.05, 0) is 37.8 Å². The molecule has 0 radical (unpaired) electrons. The summed E-state index contributed by atoms with van der Waals surface area (Å²) >= 11 is 0. The van der Waals surface area contributed by atoms with Crippen LogP contribution in [0.15, 0.2) is 36.5 Å². The van der Waals surface area contributed by atoms with E-state index in [9.17, 15) is 0 Å². The lowest BCUT2D eigenvalue weighted by Crippen LogP contribution is -2.18. The maximum atomic E-state index is 4.57. The standard InChI is InChI=1S/C15H19N3/c1-12-10-18(11-13-6-5-7-13)15(16-12)17-14-8-3-2-4-9-14/h2-4,8-10,13H,5-7,11H2,1H3,(H,16,17). The van der Waals surface area contributed by atoms with E-state index in [1.54, 1.807) is 0 Å². The molecule has 3 nitrogen and oxygen atoms in total. The molecule has 2 aromatic rings. The van der Waals surface area contributed by atoms with Crippen LogP contribution in [-0.2, 0) is 6.54 Å². The molecular weight excluding hydrogens is 222 g/mol. The normalized spacial score (nSPS) is 15.4. The maximum absolute atomic E-state index is 4.57. The van der Waals surface area contributed by atoms with E-state index in [2.05, 4.69) is 33.2 Å². The van der Waals surface area contributed by atoms with Crippen molar-refractivity contribution < 1.29 is 0 Å². The summed E-state index contributed by atoms with van der Waals surface area (Å²) in [4.78, 5) is 4.57. The van der Waals surface area contributed by atoms with Crippen LogP contribution in [0, 0.1) is 12.8 Å². The number of aromatic nitrogens is 2. The van der Waals surface area contributed by atoms with E-state index in [4.69, 9.17) is 0 Å². The smallest absolute Gasteiger partial charge is 0.207 e. The van der Waals surface area contributed by atoms with Crippen LogP contribution >= 0.6 is 0 Å². The van der Waals surface area contributed by atoms with E-state index in [1.165, 1.54) is 19.3 Å². The number of anilines is 2. The Hall–Kier alpha value is -1.77. The number of hydrogen-bond donors (Lipinski definition) is 1. The van der Waals surface area contributed by atoms with E-state index in [0.29, 0.717) is 0 Å². The molecule has 0 spiro atoms. The van der Waals surface area contributed by atoms with Crippen LogP contribution in [0.5, 0.6) is 0 Å². The Kier molecular flexibility index (Phi) is 3.05. The van der Waals surface area contributed by atoms with Crippen molar-refractivity contribution in [3.8, 4) is 0 Å². The molecule has 0 amide bonds. The second kappa shape index (κ2) is 4.84. The summed E-state index contributed by atoms with van der Waals surface area (Å²) < 4.78 is 2.26. The molecular formula is C15H19N3. The molecule has 3 rings (SSSR count). The topological polar surface area (TPSA) is 29.9 Å². The highest BCUT2D eigenvalue weighted by Gasteiger charge is 2.19. The van der Waals surface area contributed by atoms with Crippen LogP contribution in [0.1, 0.15) is 25.0 Å². The van der Waals surface area contributed by atoms with Crippen molar-refractivity contribution in [1.29, 1.82) is 0 Å². The predicted octanol–water partition coefficient (Wildman–Crippen LogP) is 3.74. The zero-order chi connectivity index (χ0) is 12.4. The third-order valence-electron chi connectivity index (χ3n) is 3.61.